The summed E-state index contributed by atoms with van der Waals surface area (Å²) in [4.78, 5) is 11.2. The highest BCUT2D eigenvalue weighted by molar-refractivity contribution is 5.69. The van der Waals surface area contributed by atoms with Gasteiger partial charge in [-0.2, -0.15) is 0 Å². The first-order chi connectivity index (χ1) is 12.8. The fourth-order valence-corrected chi connectivity index (χ4v) is 6.20. The standard InChI is InChI=1S/C23H32O4/c1-15(24)26-17-8-5-7-16(13-17)21-25-14-18-19(27-21)9-10-20-22(2,3)11-6-12-23(18,20)4/h5,7-8,13,18-21H,6,9-12,14H2,1-4H3/t18-,19+,20?,21-,23+/m1/s1. The third-order valence-electron chi connectivity index (χ3n) is 7.43. The van der Waals surface area contributed by atoms with Gasteiger partial charge in [0, 0.05) is 18.4 Å². The van der Waals surface area contributed by atoms with Crippen LogP contribution in [0.3, 0.4) is 0 Å². The summed E-state index contributed by atoms with van der Waals surface area (Å²) in [5.41, 5.74) is 1.63. The Balaban J connectivity index is 1.51. The summed E-state index contributed by atoms with van der Waals surface area (Å²) < 4.78 is 17.9. The molecule has 1 aromatic carbocycles. The molecule has 2 aliphatic carbocycles. The van der Waals surface area contributed by atoms with Crippen molar-refractivity contribution in [2.45, 2.75) is 72.2 Å². The van der Waals surface area contributed by atoms with Crippen molar-refractivity contribution in [1.29, 1.82) is 0 Å². The fourth-order valence-electron chi connectivity index (χ4n) is 6.20. The van der Waals surface area contributed by atoms with Gasteiger partial charge in [0.2, 0.25) is 0 Å². The largest absolute Gasteiger partial charge is 0.427 e. The molecule has 1 saturated heterocycles. The Labute approximate surface area is 162 Å². The molecule has 3 fully saturated rings. The number of rotatable bonds is 2. The lowest BCUT2D eigenvalue weighted by atomic mass is 9.48. The average molecular weight is 373 g/mol. The van der Waals surface area contributed by atoms with Gasteiger partial charge in [-0.15, -0.1) is 0 Å². The number of esters is 1. The van der Waals surface area contributed by atoms with E-state index in [0.717, 1.165) is 24.5 Å². The predicted octanol–water partition coefficient (Wildman–Crippen LogP) is 5.27. The van der Waals surface area contributed by atoms with Crippen LogP contribution in [-0.2, 0) is 14.3 Å². The highest BCUT2D eigenvalue weighted by atomic mass is 16.7. The highest BCUT2D eigenvalue weighted by Crippen LogP contribution is 2.61. The molecule has 3 aliphatic rings. The first kappa shape index (κ1) is 18.9. The van der Waals surface area contributed by atoms with Crippen molar-refractivity contribution in [3.05, 3.63) is 29.8 Å². The van der Waals surface area contributed by atoms with E-state index in [2.05, 4.69) is 20.8 Å². The van der Waals surface area contributed by atoms with Crippen molar-refractivity contribution >= 4 is 5.97 Å². The number of ether oxygens (including phenoxy) is 3. The van der Waals surface area contributed by atoms with Gasteiger partial charge in [-0.1, -0.05) is 39.3 Å². The SMILES string of the molecule is CC(=O)Oc1cccc([C@@H]2OC[C@@H]3[C@H](CCC4C(C)(C)CCC[C@]43C)O2)c1. The molecule has 0 spiro atoms. The van der Waals surface area contributed by atoms with Crippen molar-refractivity contribution in [2.75, 3.05) is 6.61 Å². The van der Waals surface area contributed by atoms with Crippen molar-refractivity contribution < 1.29 is 19.0 Å². The van der Waals surface area contributed by atoms with Crippen LogP contribution in [0.2, 0.25) is 0 Å². The predicted molar refractivity (Wildman–Crippen MR) is 103 cm³/mol. The van der Waals surface area contributed by atoms with Gasteiger partial charge in [-0.25, -0.2) is 0 Å². The third-order valence-corrected chi connectivity index (χ3v) is 7.43. The second-order valence-corrected chi connectivity index (χ2v) is 9.59. The summed E-state index contributed by atoms with van der Waals surface area (Å²) in [5.74, 6) is 1.43. The normalized spacial score (nSPS) is 37.8. The maximum absolute atomic E-state index is 11.2. The molecule has 148 valence electrons. The summed E-state index contributed by atoms with van der Waals surface area (Å²) in [7, 11) is 0. The van der Waals surface area contributed by atoms with Gasteiger partial charge in [0.1, 0.15) is 5.75 Å². The molecule has 5 atom stereocenters. The van der Waals surface area contributed by atoms with Gasteiger partial charge < -0.3 is 14.2 Å². The van der Waals surface area contributed by atoms with Crippen LogP contribution in [0.4, 0.5) is 0 Å². The minimum atomic E-state index is -0.376. The van der Waals surface area contributed by atoms with Crippen molar-refractivity contribution in [3.63, 3.8) is 0 Å². The zero-order valence-electron chi connectivity index (χ0n) is 17.0. The molecule has 4 heteroatoms. The number of benzene rings is 1. The molecule has 0 N–H and O–H groups in total. The van der Waals surface area contributed by atoms with Crippen molar-refractivity contribution in [2.24, 2.45) is 22.7 Å². The molecule has 0 bridgehead atoms. The number of carbonyl (C=O) groups is 1. The molecule has 4 nitrogen and oxygen atoms in total. The van der Waals surface area contributed by atoms with E-state index in [9.17, 15) is 4.79 Å². The van der Waals surface area contributed by atoms with Crippen LogP contribution in [0.1, 0.15) is 71.7 Å². The van der Waals surface area contributed by atoms with Crippen LogP contribution >= 0.6 is 0 Å². The lowest BCUT2D eigenvalue weighted by Gasteiger charge is -2.60. The number of hydrogen-bond donors (Lipinski definition) is 0. The summed E-state index contributed by atoms with van der Waals surface area (Å²) in [6.45, 7) is 9.53. The maximum Gasteiger partial charge on any atom is 0.308 e. The lowest BCUT2D eigenvalue weighted by Crippen LogP contribution is -2.56. The minimum absolute atomic E-state index is 0.247. The highest BCUT2D eigenvalue weighted by Gasteiger charge is 2.56. The van der Waals surface area contributed by atoms with Gasteiger partial charge in [0.15, 0.2) is 6.29 Å². The van der Waals surface area contributed by atoms with E-state index in [1.165, 1.54) is 32.6 Å². The Morgan fingerprint density at radius 2 is 2.00 bits per heavy atom. The maximum atomic E-state index is 11.2. The molecular formula is C23H32O4. The minimum Gasteiger partial charge on any atom is -0.427 e. The van der Waals surface area contributed by atoms with E-state index in [1.54, 1.807) is 6.07 Å². The summed E-state index contributed by atoms with van der Waals surface area (Å²) in [6, 6.07) is 7.50. The quantitative estimate of drug-likeness (QED) is 0.524. The molecule has 0 radical (unpaired) electrons. The summed E-state index contributed by atoms with van der Waals surface area (Å²) in [5, 5.41) is 0. The zero-order chi connectivity index (χ0) is 19.2. The molecule has 1 aliphatic heterocycles. The van der Waals surface area contributed by atoms with Crippen LogP contribution in [0, 0.1) is 22.7 Å². The molecule has 1 unspecified atom stereocenters. The molecular weight excluding hydrogens is 340 g/mol. The van der Waals surface area contributed by atoms with E-state index >= 15 is 0 Å². The molecule has 27 heavy (non-hydrogen) atoms. The lowest BCUT2D eigenvalue weighted by molar-refractivity contribution is -0.285. The number of carbonyl (C=O) groups excluding carboxylic acids is 1. The molecule has 1 aromatic rings. The van der Waals surface area contributed by atoms with Crippen LogP contribution in [-0.4, -0.2) is 18.7 Å². The second kappa shape index (κ2) is 6.89. The number of fused-ring (bicyclic) bond motifs is 3. The molecule has 0 amide bonds. The molecule has 0 aromatic heterocycles. The summed E-state index contributed by atoms with van der Waals surface area (Å²) >= 11 is 0. The van der Waals surface area contributed by atoms with E-state index < -0.39 is 0 Å². The Hall–Kier alpha value is -1.39. The van der Waals surface area contributed by atoms with E-state index in [0.29, 0.717) is 22.5 Å². The summed E-state index contributed by atoms with van der Waals surface area (Å²) in [6.07, 6.45) is 6.13. The smallest absolute Gasteiger partial charge is 0.308 e. The Morgan fingerprint density at radius 3 is 2.78 bits per heavy atom. The number of hydrogen-bond acceptors (Lipinski definition) is 4. The molecule has 4 rings (SSSR count). The van der Waals surface area contributed by atoms with E-state index in [4.69, 9.17) is 14.2 Å². The second-order valence-electron chi connectivity index (χ2n) is 9.59. The topological polar surface area (TPSA) is 44.8 Å². The van der Waals surface area contributed by atoms with Gasteiger partial charge in [0.05, 0.1) is 12.7 Å². The van der Waals surface area contributed by atoms with Gasteiger partial charge in [0.25, 0.3) is 0 Å². The van der Waals surface area contributed by atoms with E-state index in [1.807, 2.05) is 18.2 Å². The fraction of sp³-hybridized carbons (Fsp3) is 0.696. The average Bonchev–Trinajstić information content (AvgIpc) is 2.60. The van der Waals surface area contributed by atoms with Crippen LogP contribution in [0.25, 0.3) is 0 Å². The first-order valence-corrected chi connectivity index (χ1v) is 10.3. The zero-order valence-corrected chi connectivity index (χ0v) is 17.0. The van der Waals surface area contributed by atoms with Gasteiger partial charge in [-0.05, 0) is 54.6 Å². The van der Waals surface area contributed by atoms with Crippen LogP contribution in [0.5, 0.6) is 5.75 Å². The van der Waals surface area contributed by atoms with Crippen molar-refractivity contribution in [1.82, 2.24) is 0 Å². The monoisotopic (exact) mass is 372 g/mol. The third kappa shape index (κ3) is 3.42. The Bertz CT molecular complexity index is 712. The van der Waals surface area contributed by atoms with Crippen LogP contribution in [0.15, 0.2) is 24.3 Å². The molecule has 2 saturated carbocycles. The van der Waals surface area contributed by atoms with Crippen LogP contribution < -0.4 is 4.74 Å². The van der Waals surface area contributed by atoms with Gasteiger partial charge in [-0.3, -0.25) is 4.79 Å². The first-order valence-electron chi connectivity index (χ1n) is 10.3. The van der Waals surface area contributed by atoms with E-state index in [-0.39, 0.29) is 18.4 Å². The Kier molecular flexibility index (Phi) is 4.84. The van der Waals surface area contributed by atoms with Gasteiger partial charge >= 0.3 is 5.97 Å². The van der Waals surface area contributed by atoms with Crippen molar-refractivity contribution in [3.8, 4) is 5.75 Å². The molecule has 1 heterocycles. The Morgan fingerprint density at radius 1 is 1.19 bits per heavy atom.